The van der Waals surface area contributed by atoms with Gasteiger partial charge in [-0.2, -0.15) is 8.42 Å². The molecule has 0 spiro atoms. The molecule has 1 aromatic carbocycles. The maximum absolute atomic E-state index is 10.8. The van der Waals surface area contributed by atoms with Crippen molar-refractivity contribution in [3.05, 3.63) is 35.9 Å². The molecular weight excluding hydrogens is 190 g/mol. The number of benzene rings is 1. The first-order valence-corrected chi connectivity index (χ1v) is 5.07. The van der Waals surface area contributed by atoms with Gasteiger partial charge in [-0.3, -0.25) is 0 Å². The summed E-state index contributed by atoms with van der Waals surface area (Å²) in [5.74, 6) is 0. The summed E-state index contributed by atoms with van der Waals surface area (Å²) in [6.45, 7) is 0.0341. The minimum atomic E-state index is -3.66. The highest BCUT2D eigenvalue weighted by molar-refractivity contribution is 7.85. The zero-order valence-corrected chi connectivity index (χ0v) is 7.49. The number of nitrogens with zero attached hydrogens (tertiary/aromatic N) is 1. The molecule has 0 fully saturated rings. The van der Waals surface area contributed by atoms with Gasteiger partial charge < -0.3 is 0 Å². The van der Waals surface area contributed by atoms with Crippen LogP contribution in [0, 0.1) is 0 Å². The Morgan fingerprint density at radius 1 is 1.23 bits per heavy atom. The molecule has 2 rings (SSSR count). The minimum Gasteiger partial charge on any atom is -0.246 e. The molecule has 0 N–H and O–H groups in total. The zero-order chi connectivity index (χ0) is 9.31. The Bertz CT molecular complexity index is 436. The fourth-order valence-electron chi connectivity index (χ4n) is 1.08. The quantitative estimate of drug-likeness (QED) is 0.667. The third-order valence-electron chi connectivity index (χ3n) is 1.67. The molecule has 13 heavy (non-hydrogen) atoms. The summed E-state index contributed by atoms with van der Waals surface area (Å²) in [6.07, 6.45) is 0. The lowest BCUT2D eigenvalue weighted by molar-refractivity contribution is 0.382. The second-order valence-corrected chi connectivity index (χ2v) is 3.87. The largest absolute Gasteiger partial charge is 0.381 e. The van der Waals surface area contributed by atoms with Crippen LogP contribution in [0.15, 0.2) is 34.7 Å². The molecule has 0 aromatic heterocycles. The van der Waals surface area contributed by atoms with E-state index in [1.54, 1.807) is 12.1 Å². The molecule has 0 bridgehead atoms. The molecule has 0 unspecified atom stereocenters. The fourth-order valence-corrected chi connectivity index (χ4v) is 1.83. The van der Waals surface area contributed by atoms with Crippen molar-refractivity contribution in [2.45, 2.75) is 0 Å². The van der Waals surface area contributed by atoms with E-state index in [2.05, 4.69) is 8.58 Å². The Kier molecular flexibility index (Phi) is 1.90. The molecule has 1 aliphatic rings. The van der Waals surface area contributed by atoms with Crippen molar-refractivity contribution >= 4 is 16.0 Å². The van der Waals surface area contributed by atoms with Crippen LogP contribution in [0.4, 0.5) is 0 Å². The summed E-state index contributed by atoms with van der Waals surface area (Å²) in [6, 6.07) is 9.09. The van der Waals surface area contributed by atoms with E-state index in [4.69, 9.17) is 0 Å². The molecule has 4 nitrogen and oxygen atoms in total. The Morgan fingerprint density at radius 2 is 1.92 bits per heavy atom. The fraction of sp³-hybridized carbons (Fsp3) is 0.125. The third-order valence-corrected chi connectivity index (χ3v) is 2.53. The average Bonchev–Trinajstić information content (AvgIpc) is 2.48. The SMILES string of the molecule is O=S1(=O)N=C(c2ccccc2)CO1. The van der Waals surface area contributed by atoms with E-state index in [0.717, 1.165) is 5.56 Å². The molecular formula is C8H7NO3S. The van der Waals surface area contributed by atoms with E-state index in [1.165, 1.54) is 0 Å². The summed E-state index contributed by atoms with van der Waals surface area (Å²) in [7, 11) is -3.66. The van der Waals surface area contributed by atoms with E-state index in [1.807, 2.05) is 18.2 Å². The van der Waals surface area contributed by atoms with Gasteiger partial charge in [0.1, 0.15) is 6.61 Å². The highest BCUT2D eigenvalue weighted by atomic mass is 32.2. The van der Waals surface area contributed by atoms with Gasteiger partial charge >= 0.3 is 10.3 Å². The van der Waals surface area contributed by atoms with Crippen LogP contribution in [0.1, 0.15) is 5.56 Å². The van der Waals surface area contributed by atoms with Crippen molar-refractivity contribution in [3.8, 4) is 0 Å². The van der Waals surface area contributed by atoms with Crippen molar-refractivity contribution in [2.24, 2.45) is 4.40 Å². The maximum atomic E-state index is 10.8. The van der Waals surface area contributed by atoms with E-state index in [0.29, 0.717) is 5.71 Å². The van der Waals surface area contributed by atoms with Crippen LogP contribution in [0.5, 0.6) is 0 Å². The van der Waals surface area contributed by atoms with E-state index in [9.17, 15) is 8.42 Å². The average molecular weight is 197 g/mol. The first-order chi connectivity index (χ1) is 6.17. The molecule has 0 aliphatic carbocycles. The van der Waals surface area contributed by atoms with Gasteiger partial charge in [0, 0.05) is 0 Å². The van der Waals surface area contributed by atoms with Gasteiger partial charge in [-0.1, -0.05) is 30.3 Å². The van der Waals surface area contributed by atoms with Gasteiger partial charge in [-0.15, -0.1) is 4.40 Å². The van der Waals surface area contributed by atoms with Crippen LogP contribution >= 0.6 is 0 Å². The third kappa shape index (κ3) is 1.76. The van der Waals surface area contributed by atoms with E-state index in [-0.39, 0.29) is 6.61 Å². The Morgan fingerprint density at radius 3 is 2.46 bits per heavy atom. The normalized spacial score (nSPS) is 19.8. The molecule has 0 amide bonds. The second-order valence-electron chi connectivity index (χ2n) is 2.59. The molecule has 1 aliphatic heterocycles. The number of rotatable bonds is 1. The molecule has 0 saturated carbocycles. The first-order valence-electron chi connectivity index (χ1n) is 3.71. The topological polar surface area (TPSA) is 55.7 Å². The molecule has 1 aromatic rings. The van der Waals surface area contributed by atoms with Crippen molar-refractivity contribution in [3.63, 3.8) is 0 Å². The lowest BCUT2D eigenvalue weighted by Gasteiger charge is -1.94. The summed E-state index contributed by atoms with van der Waals surface area (Å²) in [5.41, 5.74) is 1.24. The van der Waals surface area contributed by atoms with Crippen LogP contribution in [0.3, 0.4) is 0 Å². The first kappa shape index (κ1) is 8.40. The van der Waals surface area contributed by atoms with E-state index < -0.39 is 10.3 Å². The highest BCUT2D eigenvalue weighted by Crippen LogP contribution is 2.12. The lowest BCUT2D eigenvalue weighted by Crippen LogP contribution is -2.02. The molecule has 0 atom stereocenters. The van der Waals surface area contributed by atoms with Crippen molar-refractivity contribution in [1.82, 2.24) is 0 Å². The van der Waals surface area contributed by atoms with Crippen molar-refractivity contribution < 1.29 is 12.6 Å². The summed E-state index contributed by atoms with van der Waals surface area (Å²) in [4.78, 5) is 0. The molecule has 68 valence electrons. The number of hydrogen-bond acceptors (Lipinski definition) is 3. The lowest BCUT2D eigenvalue weighted by atomic mass is 10.1. The summed E-state index contributed by atoms with van der Waals surface area (Å²) >= 11 is 0. The van der Waals surface area contributed by atoms with Gasteiger partial charge in [-0.05, 0) is 5.56 Å². The predicted molar refractivity (Wildman–Crippen MR) is 47.9 cm³/mol. The van der Waals surface area contributed by atoms with Crippen LogP contribution in [-0.2, 0) is 14.5 Å². The zero-order valence-electron chi connectivity index (χ0n) is 6.67. The summed E-state index contributed by atoms with van der Waals surface area (Å²) < 4.78 is 29.5. The van der Waals surface area contributed by atoms with Crippen LogP contribution < -0.4 is 0 Å². The van der Waals surface area contributed by atoms with Gasteiger partial charge in [0.25, 0.3) is 0 Å². The van der Waals surface area contributed by atoms with Crippen LogP contribution in [-0.4, -0.2) is 20.7 Å². The van der Waals surface area contributed by atoms with Gasteiger partial charge in [0.2, 0.25) is 0 Å². The Hall–Kier alpha value is -1.20. The second kappa shape index (κ2) is 2.93. The standard InChI is InChI=1S/C8H7NO3S/c10-13(11)9-8(6-12-13)7-4-2-1-3-5-7/h1-5H,6H2. The van der Waals surface area contributed by atoms with Crippen molar-refractivity contribution in [2.75, 3.05) is 6.61 Å². The monoisotopic (exact) mass is 197 g/mol. The smallest absolute Gasteiger partial charge is 0.246 e. The Labute approximate surface area is 76.1 Å². The van der Waals surface area contributed by atoms with Crippen molar-refractivity contribution in [1.29, 1.82) is 0 Å². The van der Waals surface area contributed by atoms with Crippen LogP contribution in [0.2, 0.25) is 0 Å². The summed E-state index contributed by atoms with van der Waals surface area (Å²) in [5, 5.41) is 0. The Balaban J connectivity index is 2.41. The van der Waals surface area contributed by atoms with Gasteiger partial charge in [0.15, 0.2) is 0 Å². The number of hydrogen-bond donors (Lipinski definition) is 0. The highest BCUT2D eigenvalue weighted by Gasteiger charge is 2.21. The maximum Gasteiger partial charge on any atom is 0.381 e. The van der Waals surface area contributed by atoms with Gasteiger partial charge in [0.05, 0.1) is 5.71 Å². The molecule has 0 radical (unpaired) electrons. The molecule has 5 heteroatoms. The van der Waals surface area contributed by atoms with Gasteiger partial charge in [-0.25, -0.2) is 4.18 Å². The van der Waals surface area contributed by atoms with Crippen LogP contribution in [0.25, 0.3) is 0 Å². The molecule has 1 heterocycles. The van der Waals surface area contributed by atoms with E-state index >= 15 is 0 Å². The minimum absolute atomic E-state index is 0.0341. The predicted octanol–water partition coefficient (Wildman–Crippen LogP) is 0.751. The molecule has 0 saturated heterocycles.